The monoisotopic (exact) mass is 250 g/mol. The Hall–Kier alpha value is -0.580. The van der Waals surface area contributed by atoms with Crippen molar-refractivity contribution < 1.29 is 8.78 Å². The average Bonchev–Trinajstić information content (AvgIpc) is 1.97. The second-order valence-electron chi connectivity index (χ2n) is 2.92. The van der Waals surface area contributed by atoms with Crippen LogP contribution < -0.4 is 0 Å². The van der Waals surface area contributed by atoms with Gasteiger partial charge >= 0.3 is 5.92 Å². The summed E-state index contributed by atoms with van der Waals surface area (Å²) in [5.74, 6) is -3.40. The molecule has 0 aliphatic rings. The largest absolute Gasteiger partial charge is 0.303 e. The quantitative estimate of drug-likeness (QED) is 0.766. The summed E-state index contributed by atoms with van der Waals surface area (Å²) in [4.78, 5) is 7.39. The molecule has 0 fully saturated rings. The van der Waals surface area contributed by atoms with Gasteiger partial charge in [0.1, 0.15) is 0 Å². The van der Waals surface area contributed by atoms with Crippen LogP contribution in [0.2, 0.25) is 0 Å². The molecular weight excluding hydrogens is 242 g/mol. The number of hydrogen-bond donors (Lipinski definition) is 0. The van der Waals surface area contributed by atoms with Gasteiger partial charge in [0.2, 0.25) is 0 Å². The lowest BCUT2D eigenvalue weighted by atomic mass is 10.3. The van der Waals surface area contributed by atoms with E-state index in [1.165, 1.54) is 0 Å². The Balaban J connectivity index is 3.29. The summed E-state index contributed by atoms with van der Waals surface area (Å²) < 4.78 is 26.3. The summed E-state index contributed by atoms with van der Waals surface area (Å²) in [5, 5.41) is 0. The van der Waals surface area contributed by atoms with E-state index in [1.807, 2.05) is 0 Å². The maximum Gasteiger partial charge on any atom is 0.303 e. The molecule has 2 nitrogen and oxygen atoms in total. The molecule has 5 heteroatoms. The molecule has 0 saturated carbocycles. The van der Waals surface area contributed by atoms with Crippen LogP contribution in [0, 0.1) is 13.8 Å². The summed E-state index contributed by atoms with van der Waals surface area (Å²) in [7, 11) is 0. The van der Waals surface area contributed by atoms with Gasteiger partial charge in [0.15, 0.2) is 5.82 Å². The summed E-state index contributed by atoms with van der Waals surface area (Å²) in [5.41, 5.74) is 1.06. The summed E-state index contributed by atoms with van der Waals surface area (Å²) in [6, 6.07) is 0. The summed E-state index contributed by atoms with van der Waals surface area (Å²) in [6.07, 6.45) is 0. The Bertz CT molecular complexity index is 310. The third-order valence-electron chi connectivity index (χ3n) is 1.58. The molecule has 13 heavy (non-hydrogen) atoms. The van der Waals surface area contributed by atoms with E-state index in [4.69, 9.17) is 0 Å². The molecule has 0 aromatic carbocycles. The highest BCUT2D eigenvalue weighted by Gasteiger charge is 2.29. The lowest BCUT2D eigenvalue weighted by Gasteiger charge is -2.11. The van der Waals surface area contributed by atoms with Gasteiger partial charge in [0.25, 0.3) is 0 Å². The van der Waals surface area contributed by atoms with E-state index in [1.54, 1.807) is 13.8 Å². The van der Waals surface area contributed by atoms with Gasteiger partial charge < -0.3 is 0 Å². The highest BCUT2D eigenvalue weighted by atomic mass is 79.9. The molecule has 0 N–H and O–H groups in total. The lowest BCUT2D eigenvalue weighted by Crippen LogP contribution is -2.14. The van der Waals surface area contributed by atoms with E-state index in [0.717, 1.165) is 6.92 Å². The zero-order valence-corrected chi connectivity index (χ0v) is 9.11. The molecule has 0 bridgehead atoms. The highest BCUT2D eigenvalue weighted by Crippen LogP contribution is 2.26. The van der Waals surface area contributed by atoms with E-state index in [-0.39, 0.29) is 0 Å². The molecule has 0 radical (unpaired) electrons. The van der Waals surface area contributed by atoms with Crippen LogP contribution in [-0.2, 0) is 5.92 Å². The minimum atomic E-state index is -2.98. The Morgan fingerprint density at radius 2 is 1.54 bits per heavy atom. The zero-order chi connectivity index (χ0) is 10.2. The van der Waals surface area contributed by atoms with Gasteiger partial charge in [-0.05, 0) is 29.8 Å². The van der Waals surface area contributed by atoms with Gasteiger partial charge in [0.05, 0.1) is 15.9 Å². The first-order valence-corrected chi connectivity index (χ1v) is 4.50. The molecule has 0 aliphatic carbocycles. The minimum absolute atomic E-state index is 0.425. The number of aryl methyl sites for hydroxylation is 2. The second kappa shape index (κ2) is 3.29. The Morgan fingerprint density at radius 1 is 1.15 bits per heavy atom. The molecule has 1 rings (SSSR count). The number of hydrogen-bond acceptors (Lipinski definition) is 2. The molecule has 0 unspecified atom stereocenters. The molecule has 72 valence electrons. The maximum atomic E-state index is 12.8. The number of alkyl halides is 2. The molecule has 1 aromatic rings. The maximum absolute atomic E-state index is 12.8. The van der Waals surface area contributed by atoms with Crippen LogP contribution in [0.1, 0.15) is 24.1 Å². The Morgan fingerprint density at radius 3 is 1.85 bits per heavy atom. The molecule has 0 aliphatic heterocycles. The van der Waals surface area contributed by atoms with Crippen molar-refractivity contribution >= 4 is 15.9 Å². The van der Waals surface area contributed by atoms with Crippen LogP contribution in [-0.4, -0.2) is 9.97 Å². The molecule has 0 saturated heterocycles. The van der Waals surface area contributed by atoms with Crippen LogP contribution in [0.15, 0.2) is 4.47 Å². The molecule has 0 atom stereocenters. The van der Waals surface area contributed by atoms with Gasteiger partial charge in [0, 0.05) is 6.92 Å². The third kappa shape index (κ3) is 2.21. The van der Waals surface area contributed by atoms with E-state index >= 15 is 0 Å². The van der Waals surface area contributed by atoms with Crippen LogP contribution >= 0.6 is 15.9 Å². The SMILES string of the molecule is Cc1nc(C(C)(F)F)nc(C)c1Br. The molecule has 1 aromatic heterocycles. The van der Waals surface area contributed by atoms with Crippen LogP contribution in [0.5, 0.6) is 0 Å². The first-order valence-electron chi connectivity index (χ1n) is 3.71. The topological polar surface area (TPSA) is 25.8 Å². The van der Waals surface area contributed by atoms with Crippen molar-refractivity contribution in [2.45, 2.75) is 26.7 Å². The Kier molecular flexibility index (Phi) is 2.66. The third-order valence-corrected chi connectivity index (χ3v) is 2.72. The molecular formula is C8H9BrF2N2. The van der Waals surface area contributed by atoms with Gasteiger partial charge in [-0.25, -0.2) is 9.97 Å². The van der Waals surface area contributed by atoms with E-state index < -0.39 is 11.7 Å². The predicted molar refractivity (Wildman–Crippen MR) is 48.8 cm³/mol. The summed E-state index contributed by atoms with van der Waals surface area (Å²) in [6.45, 7) is 4.11. The summed E-state index contributed by atoms with van der Waals surface area (Å²) >= 11 is 3.21. The van der Waals surface area contributed by atoms with Crippen molar-refractivity contribution in [1.29, 1.82) is 0 Å². The molecule has 0 spiro atoms. The standard InChI is InChI=1S/C8H9BrF2N2/c1-4-6(9)5(2)13-7(12-4)8(3,10)11/h1-3H3. The zero-order valence-electron chi connectivity index (χ0n) is 7.53. The van der Waals surface area contributed by atoms with Crippen molar-refractivity contribution in [2.75, 3.05) is 0 Å². The molecule has 1 heterocycles. The molecule has 0 amide bonds. The highest BCUT2D eigenvalue weighted by molar-refractivity contribution is 9.10. The fraction of sp³-hybridized carbons (Fsp3) is 0.500. The average molecular weight is 251 g/mol. The van der Waals surface area contributed by atoms with E-state index in [0.29, 0.717) is 15.9 Å². The van der Waals surface area contributed by atoms with Crippen molar-refractivity contribution in [2.24, 2.45) is 0 Å². The van der Waals surface area contributed by atoms with Crippen molar-refractivity contribution in [3.05, 3.63) is 21.7 Å². The Labute approximate surface area is 83.5 Å². The van der Waals surface area contributed by atoms with Crippen molar-refractivity contribution in [3.8, 4) is 0 Å². The number of nitrogens with zero attached hydrogens (tertiary/aromatic N) is 2. The van der Waals surface area contributed by atoms with Crippen LogP contribution in [0.3, 0.4) is 0 Å². The van der Waals surface area contributed by atoms with Gasteiger partial charge in [-0.3, -0.25) is 0 Å². The fourth-order valence-corrected chi connectivity index (χ4v) is 1.08. The van der Waals surface area contributed by atoms with Crippen molar-refractivity contribution in [1.82, 2.24) is 9.97 Å². The number of rotatable bonds is 1. The lowest BCUT2D eigenvalue weighted by molar-refractivity contribution is 0.00728. The number of halogens is 3. The normalized spacial score (nSPS) is 11.8. The minimum Gasteiger partial charge on any atom is -0.231 e. The second-order valence-corrected chi connectivity index (χ2v) is 3.71. The van der Waals surface area contributed by atoms with Gasteiger partial charge in [-0.1, -0.05) is 0 Å². The van der Waals surface area contributed by atoms with Crippen LogP contribution in [0.25, 0.3) is 0 Å². The van der Waals surface area contributed by atoms with Gasteiger partial charge in [-0.2, -0.15) is 8.78 Å². The van der Waals surface area contributed by atoms with E-state index in [2.05, 4.69) is 25.9 Å². The first kappa shape index (κ1) is 10.5. The van der Waals surface area contributed by atoms with Crippen molar-refractivity contribution in [3.63, 3.8) is 0 Å². The smallest absolute Gasteiger partial charge is 0.231 e. The van der Waals surface area contributed by atoms with Gasteiger partial charge in [-0.15, -0.1) is 0 Å². The predicted octanol–water partition coefficient (Wildman–Crippen LogP) is 2.97. The number of aromatic nitrogens is 2. The first-order chi connectivity index (χ1) is 5.82. The fourth-order valence-electron chi connectivity index (χ4n) is 0.899. The van der Waals surface area contributed by atoms with Crippen LogP contribution in [0.4, 0.5) is 8.78 Å². The van der Waals surface area contributed by atoms with E-state index in [9.17, 15) is 8.78 Å².